The summed E-state index contributed by atoms with van der Waals surface area (Å²) in [6, 6.07) is 4.36. The molecule has 5 heteroatoms. The first-order valence-electron chi connectivity index (χ1n) is 5.24. The minimum absolute atomic E-state index is 0.00116. The van der Waals surface area contributed by atoms with E-state index in [1.807, 2.05) is 13.8 Å². The summed E-state index contributed by atoms with van der Waals surface area (Å²) in [6.07, 6.45) is 0.968. The lowest BCUT2D eigenvalue weighted by Gasteiger charge is -2.11. The second-order valence-corrected chi connectivity index (χ2v) is 3.76. The summed E-state index contributed by atoms with van der Waals surface area (Å²) in [7, 11) is 0. The molecular weight excluding hydrogens is 208 g/mol. The Hall–Kier alpha value is -1.62. The van der Waals surface area contributed by atoms with E-state index in [4.69, 9.17) is 0 Å². The van der Waals surface area contributed by atoms with Gasteiger partial charge in [-0.05, 0) is 19.4 Å². The number of nitro benzene ring substituents is 1. The predicted octanol–water partition coefficient (Wildman–Crippen LogP) is 2.19. The molecule has 16 heavy (non-hydrogen) atoms. The topological polar surface area (TPSA) is 75.4 Å². The van der Waals surface area contributed by atoms with Crippen LogP contribution in [-0.4, -0.2) is 16.1 Å². The highest BCUT2D eigenvalue weighted by atomic mass is 16.6. The molecule has 0 saturated heterocycles. The summed E-state index contributed by atoms with van der Waals surface area (Å²) in [5.41, 5.74) is 0.549. The fraction of sp³-hybridized carbons (Fsp3) is 0.455. The number of phenolic OH excluding ortho intramolecular Hbond substituents is 1. The van der Waals surface area contributed by atoms with Gasteiger partial charge in [0, 0.05) is 30.3 Å². The number of rotatable bonds is 5. The van der Waals surface area contributed by atoms with Crippen molar-refractivity contribution in [3.8, 4) is 5.75 Å². The number of benzene rings is 1. The van der Waals surface area contributed by atoms with Gasteiger partial charge < -0.3 is 10.4 Å². The zero-order valence-electron chi connectivity index (χ0n) is 9.43. The maximum absolute atomic E-state index is 10.6. The SMILES string of the molecule is CCC(C)NCc1cc([N+](=O)[O-])ccc1O. The standard InChI is InChI=1S/C11H16N2O3/c1-3-8(2)12-7-9-6-10(13(15)16)4-5-11(9)14/h4-6,8,12,14H,3,7H2,1-2H3. The Morgan fingerprint density at radius 3 is 2.81 bits per heavy atom. The summed E-state index contributed by atoms with van der Waals surface area (Å²) >= 11 is 0. The lowest BCUT2D eigenvalue weighted by Crippen LogP contribution is -2.24. The molecule has 1 atom stereocenters. The van der Waals surface area contributed by atoms with E-state index in [2.05, 4.69) is 5.32 Å². The van der Waals surface area contributed by atoms with Crippen molar-refractivity contribution in [2.45, 2.75) is 32.9 Å². The second kappa shape index (κ2) is 5.46. The van der Waals surface area contributed by atoms with Crippen LogP contribution >= 0.6 is 0 Å². The van der Waals surface area contributed by atoms with Crippen molar-refractivity contribution in [3.63, 3.8) is 0 Å². The molecule has 0 aliphatic heterocycles. The first-order valence-corrected chi connectivity index (χ1v) is 5.24. The average Bonchev–Trinajstić information content (AvgIpc) is 2.27. The van der Waals surface area contributed by atoms with Gasteiger partial charge in [-0.15, -0.1) is 0 Å². The third-order valence-electron chi connectivity index (χ3n) is 2.53. The van der Waals surface area contributed by atoms with Crippen molar-refractivity contribution in [1.29, 1.82) is 0 Å². The van der Waals surface area contributed by atoms with Gasteiger partial charge in [0.1, 0.15) is 5.75 Å². The van der Waals surface area contributed by atoms with Gasteiger partial charge in [-0.1, -0.05) is 6.92 Å². The molecule has 0 amide bonds. The highest BCUT2D eigenvalue weighted by Crippen LogP contribution is 2.22. The fourth-order valence-corrected chi connectivity index (χ4v) is 1.26. The smallest absolute Gasteiger partial charge is 0.270 e. The van der Waals surface area contributed by atoms with Crippen LogP contribution in [0.2, 0.25) is 0 Å². The van der Waals surface area contributed by atoms with Crippen LogP contribution in [0.1, 0.15) is 25.8 Å². The van der Waals surface area contributed by atoms with Crippen LogP contribution in [0.4, 0.5) is 5.69 Å². The van der Waals surface area contributed by atoms with Crippen LogP contribution in [0.3, 0.4) is 0 Å². The maximum atomic E-state index is 10.6. The van der Waals surface area contributed by atoms with Crippen molar-refractivity contribution < 1.29 is 10.0 Å². The van der Waals surface area contributed by atoms with Gasteiger partial charge in [0.15, 0.2) is 0 Å². The number of nitro groups is 1. The predicted molar refractivity (Wildman–Crippen MR) is 61.4 cm³/mol. The minimum Gasteiger partial charge on any atom is -0.508 e. The van der Waals surface area contributed by atoms with E-state index < -0.39 is 4.92 Å². The van der Waals surface area contributed by atoms with Crippen molar-refractivity contribution in [3.05, 3.63) is 33.9 Å². The van der Waals surface area contributed by atoms with E-state index in [9.17, 15) is 15.2 Å². The molecule has 0 aliphatic carbocycles. The van der Waals surface area contributed by atoms with Crippen molar-refractivity contribution >= 4 is 5.69 Å². The van der Waals surface area contributed by atoms with Gasteiger partial charge in [0.05, 0.1) is 4.92 Å². The quantitative estimate of drug-likeness (QED) is 0.593. The molecule has 88 valence electrons. The van der Waals surface area contributed by atoms with Gasteiger partial charge >= 0.3 is 0 Å². The van der Waals surface area contributed by atoms with Gasteiger partial charge in [-0.3, -0.25) is 10.1 Å². The van der Waals surface area contributed by atoms with Crippen molar-refractivity contribution in [2.24, 2.45) is 0 Å². The number of hydrogen-bond donors (Lipinski definition) is 2. The second-order valence-electron chi connectivity index (χ2n) is 3.76. The number of nitrogens with one attached hydrogen (secondary N) is 1. The van der Waals surface area contributed by atoms with Crippen LogP contribution in [0.5, 0.6) is 5.75 Å². The highest BCUT2D eigenvalue weighted by molar-refractivity contribution is 5.42. The largest absolute Gasteiger partial charge is 0.508 e. The van der Waals surface area contributed by atoms with Crippen molar-refractivity contribution in [2.75, 3.05) is 0 Å². The molecule has 2 N–H and O–H groups in total. The van der Waals surface area contributed by atoms with Gasteiger partial charge in [0.25, 0.3) is 5.69 Å². The average molecular weight is 224 g/mol. The van der Waals surface area contributed by atoms with E-state index in [1.165, 1.54) is 18.2 Å². The van der Waals surface area contributed by atoms with E-state index in [0.29, 0.717) is 18.2 Å². The first kappa shape index (κ1) is 12.4. The number of hydrogen-bond acceptors (Lipinski definition) is 4. The summed E-state index contributed by atoms with van der Waals surface area (Å²) in [6.45, 7) is 4.50. The number of nitrogens with zero attached hydrogens (tertiary/aromatic N) is 1. The highest BCUT2D eigenvalue weighted by Gasteiger charge is 2.10. The normalized spacial score (nSPS) is 12.4. The summed E-state index contributed by atoms with van der Waals surface area (Å²) in [4.78, 5) is 10.1. The first-order chi connectivity index (χ1) is 7.54. The molecule has 0 fully saturated rings. The molecule has 0 radical (unpaired) electrons. The molecule has 0 spiro atoms. The third kappa shape index (κ3) is 3.20. The van der Waals surface area contributed by atoms with E-state index in [0.717, 1.165) is 6.42 Å². The summed E-state index contributed by atoms with van der Waals surface area (Å²) < 4.78 is 0. The third-order valence-corrected chi connectivity index (χ3v) is 2.53. The Morgan fingerprint density at radius 2 is 2.25 bits per heavy atom. The molecule has 0 heterocycles. The van der Waals surface area contributed by atoms with Gasteiger partial charge in [-0.2, -0.15) is 0 Å². The van der Waals surface area contributed by atoms with Crippen LogP contribution < -0.4 is 5.32 Å². The molecule has 0 saturated carbocycles. The van der Waals surface area contributed by atoms with Gasteiger partial charge in [0.2, 0.25) is 0 Å². The van der Waals surface area contributed by atoms with E-state index in [-0.39, 0.29) is 11.4 Å². The molecule has 1 rings (SSSR count). The zero-order valence-corrected chi connectivity index (χ0v) is 9.43. The molecule has 1 unspecified atom stereocenters. The zero-order chi connectivity index (χ0) is 12.1. The number of aromatic hydroxyl groups is 1. The molecule has 0 aromatic heterocycles. The Labute approximate surface area is 94.3 Å². The van der Waals surface area contributed by atoms with Crippen LogP contribution in [0, 0.1) is 10.1 Å². The Bertz CT molecular complexity index is 379. The maximum Gasteiger partial charge on any atom is 0.270 e. The minimum atomic E-state index is -0.466. The number of non-ortho nitro benzene ring substituents is 1. The van der Waals surface area contributed by atoms with Crippen LogP contribution in [0.25, 0.3) is 0 Å². The van der Waals surface area contributed by atoms with E-state index in [1.54, 1.807) is 0 Å². The van der Waals surface area contributed by atoms with Crippen LogP contribution in [-0.2, 0) is 6.54 Å². The lowest BCUT2D eigenvalue weighted by atomic mass is 10.1. The molecule has 0 bridgehead atoms. The fourth-order valence-electron chi connectivity index (χ4n) is 1.26. The lowest BCUT2D eigenvalue weighted by molar-refractivity contribution is -0.384. The Kier molecular flexibility index (Phi) is 4.25. The Balaban J connectivity index is 2.78. The molecule has 0 aliphatic rings. The van der Waals surface area contributed by atoms with Gasteiger partial charge in [-0.25, -0.2) is 0 Å². The van der Waals surface area contributed by atoms with Crippen LogP contribution in [0.15, 0.2) is 18.2 Å². The molecule has 1 aromatic rings. The van der Waals surface area contributed by atoms with E-state index >= 15 is 0 Å². The molecule has 5 nitrogen and oxygen atoms in total. The number of phenols is 1. The monoisotopic (exact) mass is 224 g/mol. The summed E-state index contributed by atoms with van der Waals surface area (Å²) in [5, 5.41) is 23.3. The van der Waals surface area contributed by atoms with Crippen molar-refractivity contribution in [1.82, 2.24) is 5.32 Å². The Morgan fingerprint density at radius 1 is 1.56 bits per heavy atom. The molecular formula is C11H16N2O3. The molecule has 1 aromatic carbocycles. The summed E-state index contributed by atoms with van der Waals surface area (Å²) in [5.74, 6) is 0.0846.